The fourth-order valence-corrected chi connectivity index (χ4v) is 3.15. The molecule has 0 radical (unpaired) electrons. The van der Waals surface area contributed by atoms with Gasteiger partial charge >= 0.3 is 0 Å². The number of carbonyl (C=O) groups is 1. The lowest BCUT2D eigenvalue weighted by Gasteiger charge is -2.12. The maximum atomic E-state index is 12.2. The number of nitrogens with zero attached hydrogens (tertiary/aromatic N) is 2. The number of carbonyl (C=O) groups excluding carboxylic acids is 1. The number of ether oxygens (including phenoxy) is 1. The van der Waals surface area contributed by atoms with E-state index < -0.39 is 0 Å². The Morgan fingerprint density at radius 3 is 2.60 bits per heavy atom. The number of benzene rings is 2. The van der Waals surface area contributed by atoms with Crippen molar-refractivity contribution in [2.75, 3.05) is 0 Å². The van der Waals surface area contributed by atoms with Crippen molar-refractivity contribution in [3.63, 3.8) is 0 Å². The van der Waals surface area contributed by atoms with E-state index in [9.17, 15) is 4.79 Å². The molecule has 0 aliphatic heterocycles. The van der Waals surface area contributed by atoms with Gasteiger partial charge in [0.05, 0.1) is 11.7 Å². The molecule has 5 heteroatoms. The molecule has 0 fully saturated rings. The molecule has 0 aliphatic rings. The summed E-state index contributed by atoms with van der Waals surface area (Å²) in [6.07, 6.45) is 7.26. The second-order valence-electron chi connectivity index (χ2n) is 7.03. The molecule has 4 aromatic rings. The van der Waals surface area contributed by atoms with Gasteiger partial charge in [-0.15, -0.1) is 0 Å². The number of fused-ring (bicyclic) bond motifs is 1. The van der Waals surface area contributed by atoms with E-state index >= 15 is 0 Å². The average molecular weight is 397 g/mol. The first-order chi connectivity index (χ1) is 14.7. The van der Waals surface area contributed by atoms with Gasteiger partial charge in [-0.2, -0.15) is 0 Å². The third kappa shape index (κ3) is 4.94. The molecule has 1 atom stereocenters. The molecule has 1 amide bonds. The number of amides is 1. The summed E-state index contributed by atoms with van der Waals surface area (Å²) in [5.41, 5.74) is 3.77. The Morgan fingerprint density at radius 1 is 1.07 bits per heavy atom. The Morgan fingerprint density at radius 2 is 1.83 bits per heavy atom. The van der Waals surface area contributed by atoms with Crippen LogP contribution in [0.3, 0.4) is 0 Å². The van der Waals surface area contributed by atoms with Crippen LogP contribution in [0.2, 0.25) is 0 Å². The number of aromatic nitrogens is 2. The smallest absolute Gasteiger partial charge is 0.244 e. The van der Waals surface area contributed by atoms with E-state index in [0.29, 0.717) is 6.61 Å². The van der Waals surface area contributed by atoms with Gasteiger partial charge < -0.3 is 14.5 Å². The van der Waals surface area contributed by atoms with Gasteiger partial charge in [0.25, 0.3) is 0 Å². The molecule has 0 bridgehead atoms. The number of rotatable bonds is 7. The van der Waals surface area contributed by atoms with Crippen molar-refractivity contribution < 1.29 is 9.53 Å². The normalized spacial score (nSPS) is 12.2. The largest absolute Gasteiger partial charge is 0.487 e. The Kier molecular flexibility index (Phi) is 5.90. The quantitative estimate of drug-likeness (QED) is 0.456. The molecule has 1 unspecified atom stereocenters. The van der Waals surface area contributed by atoms with E-state index in [1.807, 2.05) is 96.5 Å². The fraction of sp³-hybridized carbons (Fsp3) is 0.120. The van der Waals surface area contributed by atoms with E-state index in [1.54, 1.807) is 12.2 Å². The lowest BCUT2D eigenvalue weighted by Crippen LogP contribution is -2.24. The van der Waals surface area contributed by atoms with Gasteiger partial charge in [0.1, 0.15) is 18.0 Å². The average Bonchev–Trinajstić information content (AvgIpc) is 3.20. The van der Waals surface area contributed by atoms with Crippen LogP contribution in [-0.2, 0) is 11.4 Å². The first kappa shape index (κ1) is 19.5. The Hall–Kier alpha value is -3.86. The zero-order valence-electron chi connectivity index (χ0n) is 16.7. The summed E-state index contributed by atoms with van der Waals surface area (Å²) < 4.78 is 7.79. The van der Waals surface area contributed by atoms with Crippen LogP contribution in [0, 0.1) is 0 Å². The monoisotopic (exact) mass is 397 g/mol. The van der Waals surface area contributed by atoms with Crippen molar-refractivity contribution in [1.82, 2.24) is 14.7 Å². The third-order valence-corrected chi connectivity index (χ3v) is 4.77. The predicted molar refractivity (Wildman–Crippen MR) is 118 cm³/mol. The van der Waals surface area contributed by atoms with E-state index in [1.165, 1.54) is 0 Å². The number of hydrogen-bond donors (Lipinski definition) is 1. The molecule has 2 aromatic heterocycles. The first-order valence-electron chi connectivity index (χ1n) is 9.86. The molecule has 0 aliphatic carbocycles. The third-order valence-electron chi connectivity index (χ3n) is 4.77. The second kappa shape index (κ2) is 9.09. The van der Waals surface area contributed by atoms with Gasteiger partial charge in [-0.1, -0.05) is 48.5 Å². The van der Waals surface area contributed by atoms with Crippen LogP contribution in [0.4, 0.5) is 0 Å². The first-order valence-corrected chi connectivity index (χ1v) is 9.86. The van der Waals surface area contributed by atoms with Crippen LogP contribution in [0.1, 0.15) is 29.8 Å². The minimum absolute atomic E-state index is 0.0428. The molecule has 0 saturated carbocycles. The minimum Gasteiger partial charge on any atom is -0.487 e. The van der Waals surface area contributed by atoms with Gasteiger partial charge in [-0.3, -0.25) is 4.79 Å². The highest BCUT2D eigenvalue weighted by molar-refractivity contribution is 5.92. The number of pyridine rings is 1. The Labute approximate surface area is 175 Å². The van der Waals surface area contributed by atoms with Crippen molar-refractivity contribution in [2.24, 2.45) is 0 Å². The van der Waals surface area contributed by atoms with Gasteiger partial charge in [0.15, 0.2) is 0 Å². The van der Waals surface area contributed by atoms with Crippen LogP contribution < -0.4 is 10.1 Å². The summed E-state index contributed by atoms with van der Waals surface area (Å²) in [5, 5.41) is 2.97. The molecule has 5 nitrogen and oxygen atoms in total. The minimum atomic E-state index is -0.126. The predicted octanol–water partition coefficient (Wildman–Crippen LogP) is 4.80. The molecule has 30 heavy (non-hydrogen) atoms. The van der Waals surface area contributed by atoms with Crippen molar-refractivity contribution in [2.45, 2.75) is 19.6 Å². The summed E-state index contributed by atoms with van der Waals surface area (Å²) in [6, 6.07) is 23.4. The van der Waals surface area contributed by atoms with Crippen LogP contribution in [0.5, 0.6) is 5.75 Å². The van der Waals surface area contributed by atoms with Crippen LogP contribution >= 0.6 is 0 Å². The zero-order chi connectivity index (χ0) is 20.8. The lowest BCUT2D eigenvalue weighted by atomic mass is 10.1. The molecule has 4 rings (SSSR count). The van der Waals surface area contributed by atoms with E-state index in [2.05, 4.69) is 10.3 Å². The molecular formula is C25H23N3O2. The molecular weight excluding hydrogens is 374 g/mol. The van der Waals surface area contributed by atoms with Crippen LogP contribution in [0.25, 0.3) is 11.7 Å². The van der Waals surface area contributed by atoms with E-state index in [4.69, 9.17) is 4.74 Å². The van der Waals surface area contributed by atoms with Crippen LogP contribution in [0.15, 0.2) is 91.3 Å². The van der Waals surface area contributed by atoms with Gasteiger partial charge in [0.2, 0.25) is 5.91 Å². The highest BCUT2D eigenvalue weighted by atomic mass is 16.5. The fourth-order valence-electron chi connectivity index (χ4n) is 3.15. The summed E-state index contributed by atoms with van der Waals surface area (Å²) in [7, 11) is 0. The highest BCUT2D eigenvalue weighted by Gasteiger charge is 2.06. The highest BCUT2D eigenvalue weighted by Crippen LogP contribution is 2.16. The number of nitrogens with one attached hydrogen (secondary N) is 1. The standard InChI is InChI=1S/C25H23N3O2/c1-19(21-7-3-2-4-8-21)26-25(29)15-12-20-10-13-23(14-11-20)30-18-22-17-28-16-6-5-9-24(28)27-22/h2-17,19H,18H2,1H3,(H,26,29)/b15-12+. The van der Waals surface area contributed by atoms with Crippen molar-refractivity contribution in [1.29, 1.82) is 0 Å². The topological polar surface area (TPSA) is 55.6 Å². The van der Waals surface area contributed by atoms with Crippen molar-refractivity contribution in [3.05, 3.63) is 108 Å². The van der Waals surface area contributed by atoms with Crippen molar-refractivity contribution in [3.8, 4) is 5.75 Å². The lowest BCUT2D eigenvalue weighted by molar-refractivity contribution is -0.117. The second-order valence-corrected chi connectivity index (χ2v) is 7.03. The molecule has 0 saturated heterocycles. The molecule has 2 aromatic carbocycles. The SMILES string of the molecule is CC(NC(=O)/C=C/c1ccc(OCc2cn3ccccc3n2)cc1)c1ccccc1. The van der Waals surface area contributed by atoms with E-state index in [-0.39, 0.29) is 11.9 Å². The van der Waals surface area contributed by atoms with Crippen molar-refractivity contribution >= 4 is 17.6 Å². The zero-order valence-corrected chi connectivity index (χ0v) is 16.7. The molecule has 1 N–H and O–H groups in total. The summed E-state index contributed by atoms with van der Waals surface area (Å²) in [5.74, 6) is 0.630. The van der Waals surface area contributed by atoms with Gasteiger partial charge in [0, 0.05) is 18.5 Å². The Bertz CT molecular complexity index is 1110. The van der Waals surface area contributed by atoms with Gasteiger partial charge in [-0.25, -0.2) is 4.98 Å². The summed E-state index contributed by atoms with van der Waals surface area (Å²) in [6.45, 7) is 2.37. The van der Waals surface area contributed by atoms with Gasteiger partial charge in [-0.05, 0) is 48.4 Å². The molecule has 2 heterocycles. The summed E-state index contributed by atoms with van der Waals surface area (Å²) >= 11 is 0. The Balaban J connectivity index is 1.30. The summed E-state index contributed by atoms with van der Waals surface area (Å²) in [4.78, 5) is 16.7. The number of hydrogen-bond acceptors (Lipinski definition) is 3. The molecule has 150 valence electrons. The van der Waals surface area contributed by atoms with E-state index in [0.717, 1.165) is 28.2 Å². The van der Waals surface area contributed by atoms with Crippen LogP contribution in [-0.4, -0.2) is 15.3 Å². The maximum absolute atomic E-state index is 12.2. The maximum Gasteiger partial charge on any atom is 0.244 e. The number of imidazole rings is 1. The molecule has 0 spiro atoms.